The molecular formula is C16H22Cl2N2. The Labute approximate surface area is 131 Å². The number of imidazole rings is 1. The molecule has 0 bridgehead atoms. The average Bonchev–Trinajstić information content (AvgIpc) is 2.66. The second kappa shape index (κ2) is 5.23. The molecule has 1 heterocycles. The van der Waals surface area contributed by atoms with Gasteiger partial charge in [-0.2, -0.15) is 0 Å². The highest BCUT2D eigenvalue weighted by Gasteiger charge is 2.31. The summed E-state index contributed by atoms with van der Waals surface area (Å²) < 4.78 is 2.21. The molecular weight excluding hydrogens is 291 g/mol. The van der Waals surface area contributed by atoms with Gasteiger partial charge in [-0.15, -0.1) is 11.6 Å². The third-order valence-electron chi connectivity index (χ3n) is 3.38. The van der Waals surface area contributed by atoms with Crippen molar-refractivity contribution in [2.75, 3.05) is 0 Å². The predicted molar refractivity (Wildman–Crippen MR) is 87.7 cm³/mol. The predicted octanol–water partition coefficient (Wildman–Crippen LogP) is 5.60. The van der Waals surface area contributed by atoms with Gasteiger partial charge < -0.3 is 4.57 Å². The summed E-state index contributed by atoms with van der Waals surface area (Å²) in [5.74, 6) is 1.27. The lowest BCUT2D eigenvalue weighted by atomic mass is 9.81. The maximum absolute atomic E-state index is 6.41. The van der Waals surface area contributed by atoms with E-state index in [9.17, 15) is 0 Å². The van der Waals surface area contributed by atoms with E-state index in [0.29, 0.717) is 5.88 Å². The summed E-state index contributed by atoms with van der Waals surface area (Å²) in [6, 6.07) is 5.82. The molecule has 2 rings (SSSR count). The molecule has 0 spiro atoms. The van der Waals surface area contributed by atoms with Crippen molar-refractivity contribution in [1.82, 2.24) is 9.55 Å². The molecule has 2 nitrogen and oxygen atoms in total. The minimum absolute atomic E-state index is 0.0950. The lowest BCUT2D eigenvalue weighted by Gasteiger charge is -2.35. The number of rotatable bonds is 3. The normalized spacial score (nSPS) is 13.2. The van der Waals surface area contributed by atoms with E-state index in [-0.39, 0.29) is 11.0 Å². The number of aromatic nitrogens is 2. The highest BCUT2D eigenvalue weighted by Crippen LogP contribution is 2.37. The van der Waals surface area contributed by atoms with Crippen molar-refractivity contribution in [2.24, 2.45) is 5.41 Å². The van der Waals surface area contributed by atoms with E-state index < -0.39 is 0 Å². The summed E-state index contributed by atoms with van der Waals surface area (Å²) in [5, 5.41) is 0.730. The van der Waals surface area contributed by atoms with Gasteiger partial charge in [-0.1, -0.05) is 38.4 Å². The average molecular weight is 313 g/mol. The van der Waals surface area contributed by atoms with Crippen molar-refractivity contribution in [3.63, 3.8) is 0 Å². The molecule has 0 unspecified atom stereocenters. The Kier molecular flexibility index (Phi) is 4.10. The van der Waals surface area contributed by atoms with Crippen LogP contribution < -0.4 is 0 Å². The van der Waals surface area contributed by atoms with Crippen LogP contribution in [0.25, 0.3) is 11.0 Å². The fourth-order valence-electron chi connectivity index (χ4n) is 3.25. The zero-order valence-corrected chi connectivity index (χ0v) is 14.3. The smallest absolute Gasteiger partial charge is 0.125 e. The van der Waals surface area contributed by atoms with Gasteiger partial charge in [0.1, 0.15) is 5.82 Å². The highest BCUT2D eigenvalue weighted by molar-refractivity contribution is 6.35. The van der Waals surface area contributed by atoms with E-state index in [0.717, 1.165) is 28.3 Å². The van der Waals surface area contributed by atoms with Crippen LogP contribution in [0.15, 0.2) is 18.2 Å². The lowest BCUT2D eigenvalue weighted by molar-refractivity contribution is 0.216. The number of hydrogen-bond donors (Lipinski definition) is 0. The van der Waals surface area contributed by atoms with Crippen LogP contribution in [-0.4, -0.2) is 9.55 Å². The number of benzene rings is 1. The van der Waals surface area contributed by atoms with Crippen molar-refractivity contribution in [2.45, 2.75) is 52.5 Å². The summed E-state index contributed by atoms with van der Waals surface area (Å²) >= 11 is 12.5. The van der Waals surface area contributed by atoms with Crippen LogP contribution in [0.1, 0.15) is 46.9 Å². The molecule has 0 saturated carbocycles. The molecule has 0 saturated heterocycles. The van der Waals surface area contributed by atoms with Gasteiger partial charge in [-0.25, -0.2) is 4.98 Å². The maximum atomic E-state index is 6.41. The van der Waals surface area contributed by atoms with Gasteiger partial charge in [0.15, 0.2) is 0 Å². The van der Waals surface area contributed by atoms with Crippen LogP contribution in [0.2, 0.25) is 5.02 Å². The van der Waals surface area contributed by atoms with Gasteiger partial charge in [0.05, 0.1) is 21.9 Å². The van der Waals surface area contributed by atoms with E-state index in [4.69, 9.17) is 23.2 Å². The Morgan fingerprint density at radius 1 is 1.15 bits per heavy atom. The molecule has 110 valence electrons. The molecule has 1 aromatic heterocycles. The largest absolute Gasteiger partial charge is 0.320 e. The SMILES string of the molecule is CC(C)(C)CC(C)(C)n1c(CCl)nc2cccc(Cl)c21. The van der Waals surface area contributed by atoms with Crippen LogP contribution >= 0.6 is 23.2 Å². The summed E-state index contributed by atoms with van der Waals surface area (Å²) in [7, 11) is 0. The third kappa shape index (κ3) is 2.96. The van der Waals surface area contributed by atoms with E-state index in [1.165, 1.54) is 0 Å². The molecule has 0 aliphatic rings. The van der Waals surface area contributed by atoms with Gasteiger partial charge in [-0.05, 0) is 37.8 Å². The molecule has 0 aliphatic heterocycles. The molecule has 20 heavy (non-hydrogen) atoms. The van der Waals surface area contributed by atoms with Crippen LogP contribution in [0, 0.1) is 5.41 Å². The molecule has 4 heteroatoms. The Bertz CT molecular complexity index is 621. The zero-order valence-electron chi connectivity index (χ0n) is 12.8. The molecule has 0 radical (unpaired) electrons. The molecule has 0 fully saturated rings. The minimum Gasteiger partial charge on any atom is -0.320 e. The standard InChI is InChI=1S/C16H22Cl2N2/c1-15(2,3)10-16(4,5)20-13(9-17)19-12-8-6-7-11(18)14(12)20/h6-8H,9-10H2,1-5H3. The Morgan fingerprint density at radius 3 is 2.35 bits per heavy atom. The minimum atomic E-state index is -0.0950. The summed E-state index contributed by atoms with van der Waals surface area (Å²) in [5.41, 5.74) is 2.02. The monoisotopic (exact) mass is 312 g/mol. The molecule has 2 aromatic rings. The Morgan fingerprint density at radius 2 is 1.80 bits per heavy atom. The highest BCUT2D eigenvalue weighted by atomic mass is 35.5. The molecule has 0 atom stereocenters. The summed E-state index contributed by atoms with van der Waals surface area (Å²) in [6.07, 6.45) is 1.01. The second-order valence-corrected chi connectivity index (χ2v) is 7.83. The quantitative estimate of drug-likeness (QED) is 0.674. The van der Waals surface area contributed by atoms with Gasteiger partial charge in [0, 0.05) is 5.54 Å². The lowest BCUT2D eigenvalue weighted by Crippen LogP contribution is -2.32. The second-order valence-electron chi connectivity index (χ2n) is 7.15. The number of alkyl halides is 1. The zero-order chi connectivity index (χ0) is 15.1. The van der Waals surface area contributed by atoms with Crippen molar-refractivity contribution < 1.29 is 0 Å². The van der Waals surface area contributed by atoms with Crippen molar-refractivity contribution >= 4 is 34.2 Å². The van der Waals surface area contributed by atoms with E-state index >= 15 is 0 Å². The fraction of sp³-hybridized carbons (Fsp3) is 0.562. The van der Waals surface area contributed by atoms with Crippen LogP contribution in [0.5, 0.6) is 0 Å². The maximum Gasteiger partial charge on any atom is 0.125 e. The Hall–Kier alpha value is -0.730. The number of nitrogens with zero attached hydrogens (tertiary/aromatic N) is 2. The number of halogens is 2. The van der Waals surface area contributed by atoms with E-state index in [1.807, 2.05) is 18.2 Å². The van der Waals surface area contributed by atoms with Crippen molar-refractivity contribution in [3.8, 4) is 0 Å². The van der Waals surface area contributed by atoms with Crippen LogP contribution in [0.4, 0.5) is 0 Å². The first-order valence-electron chi connectivity index (χ1n) is 6.88. The van der Waals surface area contributed by atoms with Gasteiger partial charge in [0.25, 0.3) is 0 Å². The van der Waals surface area contributed by atoms with Crippen LogP contribution in [0.3, 0.4) is 0 Å². The number of para-hydroxylation sites is 1. The van der Waals surface area contributed by atoms with Crippen LogP contribution in [-0.2, 0) is 11.4 Å². The van der Waals surface area contributed by atoms with Crippen molar-refractivity contribution in [3.05, 3.63) is 29.0 Å². The van der Waals surface area contributed by atoms with E-state index in [1.54, 1.807) is 0 Å². The van der Waals surface area contributed by atoms with Crippen molar-refractivity contribution in [1.29, 1.82) is 0 Å². The fourth-order valence-corrected chi connectivity index (χ4v) is 3.69. The van der Waals surface area contributed by atoms with Gasteiger partial charge >= 0.3 is 0 Å². The molecule has 0 N–H and O–H groups in total. The summed E-state index contributed by atoms with van der Waals surface area (Å²) in [4.78, 5) is 4.63. The van der Waals surface area contributed by atoms with Gasteiger partial charge in [0.2, 0.25) is 0 Å². The summed E-state index contributed by atoms with van der Waals surface area (Å²) in [6.45, 7) is 11.2. The molecule has 1 aromatic carbocycles. The first-order valence-corrected chi connectivity index (χ1v) is 7.79. The Balaban J connectivity index is 2.68. The topological polar surface area (TPSA) is 17.8 Å². The third-order valence-corrected chi connectivity index (χ3v) is 3.93. The molecule has 0 aliphatic carbocycles. The number of hydrogen-bond acceptors (Lipinski definition) is 1. The first-order chi connectivity index (χ1) is 9.15. The van der Waals surface area contributed by atoms with Gasteiger partial charge in [-0.3, -0.25) is 0 Å². The number of fused-ring (bicyclic) bond motifs is 1. The van der Waals surface area contributed by atoms with E-state index in [2.05, 4.69) is 44.2 Å². The molecule has 0 amide bonds. The first kappa shape index (κ1) is 15.7.